The lowest BCUT2D eigenvalue weighted by atomic mass is 10.1. The number of carboxylic acids is 1. The number of nitrogens with two attached hydrogens (primary N) is 3. The quantitative estimate of drug-likeness (QED) is 0.540. The van der Waals surface area contributed by atoms with Crippen molar-refractivity contribution in [1.82, 2.24) is 0 Å². The summed E-state index contributed by atoms with van der Waals surface area (Å²) in [6, 6.07) is 4.82. The average Bonchev–Trinajstić information content (AvgIpc) is 2.37. The summed E-state index contributed by atoms with van der Waals surface area (Å²) in [5.74, 6) is -1.46. The highest BCUT2D eigenvalue weighted by Crippen LogP contribution is 2.09. The minimum Gasteiger partial charge on any atom is -0.480 e. The number of urea groups is 1. The Balaban J connectivity index is 0.000000433. The zero-order valence-electron chi connectivity index (χ0n) is 11.9. The largest absolute Gasteiger partial charge is 0.480 e. The van der Waals surface area contributed by atoms with E-state index in [4.69, 9.17) is 22.3 Å². The monoisotopic (exact) mass is 296 g/mol. The number of aliphatic carboxylic acids is 1. The van der Waals surface area contributed by atoms with Crippen LogP contribution in [-0.2, 0) is 4.79 Å². The molecular formula is C13H20N4O4. The highest BCUT2D eigenvalue weighted by atomic mass is 16.4. The molecule has 0 aromatic heterocycles. The lowest BCUT2D eigenvalue weighted by Crippen LogP contribution is -2.34. The highest BCUT2D eigenvalue weighted by Gasteiger charge is 2.14. The molecule has 0 unspecified atom stereocenters. The van der Waals surface area contributed by atoms with Gasteiger partial charge in [-0.15, -0.1) is 0 Å². The third-order valence-corrected chi connectivity index (χ3v) is 2.42. The lowest BCUT2D eigenvalue weighted by Gasteiger charge is -2.07. The summed E-state index contributed by atoms with van der Waals surface area (Å²) < 4.78 is 0. The molecule has 8 heteroatoms. The molecule has 0 aliphatic heterocycles. The minimum absolute atomic E-state index is 0.0208. The van der Waals surface area contributed by atoms with Crippen LogP contribution in [0.1, 0.15) is 24.2 Å². The predicted molar refractivity (Wildman–Crippen MR) is 78.6 cm³/mol. The van der Waals surface area contributed by atoms with Crippen molar-refractivity contribution in [1.29, 1.82) is 0 Å². The van der Waals surface area contributed by atoms with Crippen LogP contribution >= 0.6 is 0 Å². The number of anilines is 1. The van der Waals surface area contributed by atoms with Crippen molar-refractivity contribution < 1.29 is 19.5 Å². The van der Waals surface area contributed by atoms with Crippen molar-refractivity contribution in [2.45, 2.75) is 19.9 Å². The molecule has 0 heterocycles. The van der Waals surface area contributed by atoms with E-state index in [2.05, 4.69) is 5.32 Å². The summed E-state index contributed by atoms with van der Waals surface area (Å²) in [4.78, 5) is 31.2. The molecule has 116 valence electrons. The molecule has 3 amide bonds. The van der Waals surface area contributed by atoms with E-state index in [-0.39, 0.29) is 5.92 Å². The maximum absolute atomic E-state index is 10.7. The van der Waals surface area contributed by atoms with E-state index in [0.29, 0.717) is 11.3 Å². The van der Waals surface area contributed by atoms with Crippen LogP contribution in [-0.4, -0.2) is 29.1 Å². The maximum atomic E-state index is 10.7. The Labute approximate surface area is 122 Å². The fraction of sp³-hybridized carbons (Fsp3) is 0.308. The summed E-state index contributed by atoms with van der Waals surface area (Å²) in [6.07, 6.45) is 0. The fourth-order valence-electron chi connectivity index (χ4n) is 1.18. The number of hydrogen-bond donors (Lipinski definition) is 5. The Bertz CT molecular complexity index is 517. The third-order valence-electron chi connectivity index (χ3n) is 2.42. The Morgan fingerprint density at radius 3 is 2.10 bits per heavy atom. The second kappa shape index (κ2) is 8.54. The van der Waals surface area contributed by atoms with E-state index in [1.807, 2.05) is 0 Å². The number of carbonyl (C=O) groups is 3. The molecule has 0 spiro atoms. The molecule has 8 N–H and O–H groups in total. The molecule has 0 saturated heterocycles. The van der Waals surface area contributed by atoms with Crippen LogP contribution in [0.25, 0.3) is 0 Å². The molecule has 1 aromatic rings. The van der Waals surface area contributed by atoms with Gasteiger partial charge in [0, 0.05) is 11.3 Å². The number of carbonyl (C=O) groups excluding carboxylic acids is 2. The van der Waals surface area contributed by atoms with E-state index in [9.17, 15) is 14.4 Å². The van der Waals surface area contributed by atoms with Gasteiger partial charge in [0.1, 0.15) is 6.04 Å². The third kappa shape index (κ3) is 7.53. The van der Waals surface area contributed by atoms with Gasteiger partial charge in [0.25, 0.3) is 0 Å². The summed E-state index contributed by atoms with van der Waals surface area (Å²) in [5, 5.41) is 10.6. The highest BCUT2D eigenvalue weighted by molar-refractivity contribution is 5.95. The van der Waals surface area contributed by atoms with Gasteiger partial charge in [-0.1, -0.05) is 19.9 Å². The molecule has 0 radical (unpaired) electrons. The number of hydrogen-bond acceptors (Lipinski definition) is 4. The molecule has 1 aromatic carbocycles. The Morgan fingerprint density at radius 1 is 1.19 bits per heavy atom. The van der Waals surface area contributed by atoms with Crippen LogP contribution in [0.15, 0.2) is 24.3 Å². The first-order chi connectivity index (χ1) is 9.65. The molecular weight excluding hydrogens is 276 g/mol. The van der Waals surface area contributed by atoms with E-state index in [1.165, 1.54) is 6.07 Å². The maximum Gasteiger partial charge on any atom is 0.320 e. The predicted octanol–water partition coefficient (Wildman–Crippen LogP) is 0.330. The van der Waals surface area contributed by atoms with E-state index in [1.54, 1.807) is 32.0 Å². The van der Waals surface area contributed by atoms with E-state index >= 15 is 0 Å². The average molecular weight is 296 g/mol. The summed E-state index contributed by atoms with van der Waals surface area (Å²) in [6.45, 7) is 3.55. The first-order valence-electron chi connectivity index (χ1n) is 6.09. The van der Waals surface area contributed by atoms with E-state index in [0.717, 1.165) is 0 Å². The first kappa shape index (κ1) is 18.4. The second-order valence-corrected chi connectivity index (χ2v) is 4.54. The molecule has 0 fully saturated rings. The summed E-state index contributed by atoms with van der Waals surface area (Å²) in [7, 11) is 0. The topological polar surface area (TPSA) is 162 Å². The van der Waals surface area contributed by atoms with Crippen molar-refractivity contribution in [3.63, 3.8) is 0 Å². The minimum atomic E-state index is -0.931. The van der Waals surface area contributed by atoms with Gasteiger partial charge in [0.05, 0.1) is 0 Å². The number of nitrogens with one attached hydrogen (secondary N) is 1. The Kier molecular flexibility index (Phi) is 7.48. The molecule has 1 atom stereocenters. The van der Waals surface area contributed by atoms with Crippen LogP contribution in [0, 0.1) is 5.92 Å². The normalized spacial score (nSPS) is 11.0. The van der Waals surface area contributed by atoms with Gasteiger partial charge in [-0.25, -0.2) is 4.79 Å². The first-order valence-corrected chi connectivity index (χ1v) is 6.09. The molecule has 8 nitrogen and oxygen atoms in total. The standard InChI is InChI=1S/C8H9N3O2.C5H11NO2/c9-7(12)5-2-1-3-6(4-5)11-8(10)13;1-3(2)4(6)5(7)8/h1-4H,(H2,9,12)(H3,10,11,13);3-4H,6H2,1-2H3,(H,7,8)/t;4-/m.0/s1. The van der Waals surface area contributed by atoms with Crippen molar-refractivity contribution in [3.05, 3.63) is 29.8 Å². The summed E-state index contributed by atoms with van der Waals surface area (Å²) in [5.41, 5.74) is 15.8. The fourth-order valence-corrected chi connectivity index (χ4v) is 1.18. The van der Waals surface area contributed by atoms with Crippen molar-refractivity contribution in [2.24, 2.45) is 23.1 Å². The van der Waals surface area contributed by atoms with Crippen molar-refractivity contribution in [2.75, 3.05) is 5.32 Å². The van der Waals surface area contributed by atoms with E-state index < -0.39 is 23.9 Å². The van der Waals surface area contributed by atoms with Crippen LogP contribution in [0.4, 0.5) is 10.5 Å². The molecule has 21 heavy (non-hydrogen) atoms. The zero-order valence-corrected chi connectivity index (χ0v) is 11.9. The molecule has 0 bridgehead atoms. The second-order valence-electron chi connectivity index (χ2n) is 4.54. The smallest absolute Gasteiger partial charge is 0.320 e. The van der Waals surface area contributed by atoms with Gasteiger partial charge in [0.15, 0.2) is 0 Å². The molecule has 0 saturated carbocycles. The molecule has 0 aliphatic rings. The van der Waals surface area contributed by atoms with Gasteiger partial charge in [0.2, 0.25) is 5.91 Å². The number of carboxylic acid groups (broad SMARTS) is 1. The Hall–Kier alpha value is -2.61. The molecule has 1 rings (SSSR count). The number of rotatable bonds is 4. The van der Waals surface area contributed by atoms with Gasteiger partial charge in [-0.2, -0.15) is 0 Å². The van der Waals surface area contributed by atoms with Crippen LogP contribution < -0.4 is 22.5 Å². The van der Waals surface area contributed by atoms with Crippen molar-refractivity contribution in [3.8, 4) is 0 Å². The number of amides is 3. The van der Waals surface area contributed by atoms with Crippen molar-refractivity contribution >= 4 is 23.6 Å². The van der Waals surface area contributed by atoms with Crippen LogP contribution in [0.5, 0.6) is 0 Å². The lowest BCUT2D eigenvalue weighted by molar-refractivity contribution is -0.139. The SMILES string of the molecule is CC(C)[C@H](N)C(=O)O.NC(=O)Nc1cccc(C(N)=O)c1. The Morgan fingerprint density at radius 2 is 1.76 bits per heavy atom. The van der Waals surface area contributed by atoms with Crippen LogP contribution in [0.3, 0.4) is 0 Å². The number of benzene rings is 1. The van der Waals surface area contributed by atoms with Gasteiger partial charge in [-0.05, 0) is 24.1 Å². The van der Waals surface area contributed by atoms with Gasteiger partial charge >= 0.3 is 12.0 Å². The van der Waals surface area contributed by atoms with Gasteiger partial charge < -0.3 is 27.6 Å². The number of primary amides is 2. The van der Waals surface area contributed by atoms with Crippen LogP contribution in [0.2, 0.25) is 0 Å². The zero-order chi connectivity index (χ0) is 16.6. The molecule has 0 aliphatic carbocycles. The summed E-state index contributed by atoms with van der Waals surface area (Å²) >= 11 is 0. The van der Waals surface area contributed by atoms with Gasteiger partial charge in [-0.3, -0.25) is 9.59 Å².